The van der Waals surface area contributed by atoms with E-state index in [1.54, 1.807) is 0 Å². The fraction of sp³-hybridized carbons (Fsp3) is 0.400. The van der Waals surface area contributed by atoms with Crippen LogP contribution < -0.4 is 4.90 Å². The number of benzene rings is 1. The predicted molar refractivity (Wildman–Crippen MR) is 72.9 cm³/mol. The fourth-order valence-electron chi connectivity index (χ4n) is 1.42. The number of rotatable bonds is 6. The van der Waals surface area contributed by atoms with Crippen molar-refractivity contribution in [3.05, 3.63) is 34.1 Å². The van der Waals surface area contributed by atoms with E-state index < -0.39 is 10.7 Å². The number of nitro groups is 1. The Labute approximate surface area is 115 Å². The molecular weight excluding hydrogens is 359 g/mol. The molecule has 0 heterocycles. The third-order valence-electron chi connectivity index (χ3n) is 2.19. The second kappa shape index (κ2) is 6.90. The van der Waals surface area contributed by atoms with Gasteiger partial charge in [0.2, 0.25) is 0 Å². The highest BCUT2D eigenvalue weighted by Crippen LogP contribution is 2.24. The van der Waals surface area contributed by atoms with Crippen LogP contribution in [0.5, 0.6) is 0 Å². The van der Waals surface area contributed by atoms with Gasteiger partial charge in [0.05, 0.1) is 16.7 Å². The summed E-state index contributed by atoms with van der Waals surface area (Å²) in [7, 11) is 0. The first-order valence-electron chi connectivity index (χ1n) is 4.91. The van der Waals surface area contributed by atoms with Gasteiger partial charge >= 0.3 is 0 Å². The Hall–Kier alpha value is -0.690. The zero-order chi connectivity index (χ0) is 12.8. The van der Waals surface area contributed by atoms with Crippen molar-refractivity contribution >= 4 is 43.2 Å². The first-order valence-corrected chi connectivity index (χ1v) is 7.15. The van der Waals surface area contributed by atoms with E-state index in [0.717, 1.165) is 6.07 Å². The third kappa shape index (κ3) is 3.92. The Balaban J connectivity index is 2.99. The summed E-state index contributed by atoms with van der Waals surface area (Å²) in [6, 6.07) is 3.71. The van der Waals surface area contributed by atoms with Crippen molar-refractivity contribution in [1.82, 2.24) is 0 Å². The molecule has 0 radical (unpaired) electrons. The van der Waals surface area contributed by atoms with E-state index in [1.807, 2.05) is 4.90 Å². The van der Waals surface area contributed by atoms with Gasteiger partial charge in [-0.05, 0) is 6.07 Å². The number of alkyl halides is 2. The minimum Gasteiger partial charge on any atom is -0.367 e. The summed E-state index contributed by atoms with van der Waals surface area (Å²) in [5.41, 5.74) is 0.151. The van der Waals surface area contributed by atoms with E-state index in [1.165, 1.54) is 12.1 Å². The highest BCUT2D eigenvalue weighted by molar-refractivity contribution is 9.09. The molecule has 0 aliphatic heterocycles. The maximum absolute atomic E-state index is 13.7. The van der Waals surface area contributed by atoms with E-state index in [9.17, 15) is 14.5 Å². The predicted octanol–water partition coefficient (Wildman–Crippen LogP) is 3.33. The zero-order valence-electron chi connectivity index (χ0n) is 8.91. The molecule has 4 nitrogen and oxygen atoms in total. The molecule has 0 atom stereocenters. The average Bonchev–Trinajstić information content (AvgIpc) is 2.28. The normalized spacial score (nSPS) is 10.3. The number of halogens is 3. The van der Waals surface area contributed by atoms with Crippen molar-refractivity contribution in [2.75, 3.05) is 28.6 Å². The Kier molecular flexibility index (Phi) is 5.84. The maximum Gasteiger partial charge on any atom is 0.272 e. The molecular formula is C10H11Br2FN2O2. The Morgan fingerprint density at radius 2 is 1.88 bits per heavy atom. The van der Waals surface area contributed by atoms with Gasteiger partial charge in [0.1, 0.15) is 0 Å². The average molecular weight is 370 g/mol. The SMILES string of the molecule is O=[N+]([O-])c1ccc(N(CCBr)CCBr)c(F)c1. The molecule has 0 aliphatic rings. The van der Waals surface area contributed by atoms with Gasteiger partial charge in [0.25, 0.3) is 5.69 Å². The van der Waals surface area contributed by atoms with Crippen LogP contribution in [0.15, 0.2) is 18.2 Å². The smallest absolute Gasteiger partial charge is 0.272 e. The summed E-state index contributed by atoms with van der Waals surface area (Å²) in [6.07, 6.45) is 0. The standard InChI is InChI=1S/C10H11Br2FN2O2/c11-3-5-14(6-4-12)10-2-1-8(15(16)17)7-9(10)13/h1-2,7H,3-6H2. The van der Waals surface area contributed by atoms with Gasteiger partial charge in [-0.1, -0.05) is 31.9 Å². The van der Waals surface area contributed by atoms with Crippen LogP contribution in [0, 0.1) is 15.9 Å². The van der Waals surface area contributed by atoms with Crippen molar-refractivity contribution in [3.8, 4) is 0 Å². The van der Waals surface area contributed by atoms with Crippen LogP contribution in [-0.2, 0) is 0 Å². The third-order valence-corrected chi connectivity index (χ3v) is 2.90. The van der Waals surface area contributed by atoms with Crippen LogP contribution >= 0.6 is 31.9 Å². The van der Waals surface area contributed by atoms with Gasteiger partial charge in [-0.2, -0.15) is 0 Å². The number of nitrogens with zero attached hydrogens (tertiary/aromatic N) is 2. The highest BCUT2D eigenvalue weighted by Gasteiger charge is 2.15. The van der Waals surface area contributed by atoms with Crippen molar-refractivity contribution in [2.45, 2.75) is 0 Å². The van der Waals surface area contributed by atoms with E-state index in [4.69, 9.17) is 0 Å². The molecule has 0 saturated carbocycles. The van der Waals surface area contributed by atoms with Crippen LogP contribution in [0.2, 0.25) is 0 Å². The molecule has 1 aromatic rings. The molecule has 0 unspecified atom stereocenters. The second-order valence-corrected chi connectivity index (χ2v) is 4.84. The molecule has 0 N–H and O–H groups in total. The van der Waals surface area contributed by atoms with E-state index >= 15 is 0 Å². The quantitative estimate of drug-likeness (QED) is 0.439. The van der Waals surface area contributed by atoms with Crippen molar-refractivity contribution in [3.63, 3.8) is 0 Å². The molecule has 0 bridgehead atoms. The van der Waals surface area contributed by atoms with Crippen molar-refractivity contribution < 1.29 is 9.31 Å². The highest BCUT2D eigenvalue weighted by atomic mass is 79.9. The van der Waals surface area contributed by atoms with E-state index in [0.29, 0.717) is 29.4 Å². The van der Waals surface area contributed by atoms with E-state index in [-0.39, 0.29) is 5.69 Å². The molecule has 0 aromatic heterocycles. The number of hydrogen-bond acceptors (Lipinski definition) is 3. The lowest BCUT2D eigenvalue weighted by atomic mass is 10.2. The molecule has 0 aliphatic carbocycles. The fourth-order valence-corrected chi connectivity index (χ4v) is 2.28. The Morgan fingerprint density at radius 3 is 2.29 bits per heavy atom. The number of non-ortho nitro benzene ring substituents is 1. The van der Waals surface area contributed by atoms with Gasteiger partial charge in [-0.15, -0.1) is 0 Å². The molecule has 0 fully saturated rings. The van der Waals surface area contributed by atoms with Crippen LogP contribution in [0.4, 0.5) is 15.8 Å². The molecule has 94 valence electrons. The van der Waals surface area contributed by atoms with Gasteiger partial charge in [-0.3, -0.25) is 10.1 Å². The summed E-state index contributed by atoms with van der Waals surface area (Å²) in [6.45, 7) is 1.28. The van der Waals surface area contributed by atoms with Crippen LogP contribution in [0.25, 0.3) is 0 Å². The summed E-state index contributed by atoms with van der Waals surface area (Å²) in [4.78, 5) is 11.7. The van der Waals surface area contributed by atoms with Crippen LogP contribution in [0.3, 0.4) is 0 Å². The summed E-state index contributed by atoms with van der Waals surface area (Å²) < 4.78 is 13.7. The van der Waals surface area contributed by atoms with Gasteiger partial charge in [0, 0.05) is 29.8 Å². The molecule has 0 saturated heterocycles. The number of nitro benzene ring substituents is 1. The first kappa shape index (κ1) is 14.4. The lowest BCUT2D eigenvalue weighted by Crippen LogP contribution is -2.28. The lowest BCUT2D eigenvalue weighted by Gasteiger charge is -2.23. The van der Waals surface area contributed by atoms with Crippen molar-refractivity contribution in [1.29, 1.82) is 0 Å². The summed E-state index contributed by atoms with van der Waals surface area (Å²) in [5, 5.41) is 11.9. The second-order valence-electron chi connectivity index (χ2n) is 3.26. The molecule has 0 spiro atoms. The molecule has 17 heavy (non-hydrogen) atoms. The first-order chi connectivity index (χ1) is 8.10. The summed E-state index contributed by atoms with van der Waals surface area (Å²) >= 11 is 6.58. The van der Waals surface area contributed by atoms with Gasteiger partial charge in [-0.25, -0.2) is 4.39 Å². The van der Waals surface area contributed by atoms with Crippen LogP contribution in [-0.4, -0.2) is 28.7 Å². The van der Waals surface area contributed by atoms with Gasteiger partial charge < -0.3 is 4.90 Å². The summed E-state index contributed by atoms with van der Waals surface area (Å²) in [5.74, 6) is -0.568. The van der Waals surface area contributed by atoms with Crippen LogP contribution in [0.1, 0.15) is 0 Å². The molecule has 1 aromatic carbocycles. The minimum atomic E-state index is -0.605. The van der Waals surface area contributed by atoms with Gasteiger partial charge in [0.15, 0.2) is 5.82 Å². The van der Waals surface area contributed by atoms with Crippen molar-refractivity contribution in [2.24, 2.45) is 0 Å². The number of anilines is 1. The Morgan fingerprint density at radius 1 is 1.29 bits per heavy atom. The molecule has 7 heteroatoms. The largest absolute Gasteiger partial charge is 0.367 e. The lowest BCUT2D eigenvalue weighted by molar-refractivity contribution is -0.385. The topological polar surface area (TPSA) is 46.4 Å². The zero-order valence-corrected chi connectivity index (χ0v) is 12.1. The molecule has 1 rings (SSSR count). The molecule has 0 amide bonds. The Bertz CT molecular complexity index is 398. The maximum atomic E-state index is 13.7. The monoisotopic (exact) mass is 368 g/mol. The number of hydrogen-bond donors (Lipinski definition) is 0. The minimum absolute atomic E-state index is 0.233. The van der Waals surface area contributed by atoms with E-state index in [2.05, 4.69) is 31.9 Å².